The van der Waals surface area contributed by atoms with Crippen LogP contribution in [0.5, 0.6) is 5.75 Å². The Balaban J connectivity index is 1.38. The Labute approximate surface area is 198 Å². The third-order valence-electron chi connectivity index (χ3n) is 7.27. The van der Waals surface area contributed by atoms with E-state index >= 15 is 0 Å². The molecule has 2 atom stereocenters. The normalized spacial score (nSPS) is 19.0. The van der Waals surface area contributed by atoms with E-state index in [-0.39, 0.29) is 23.3 Å². The van der Waals surface area contributed by atoms with Crippen molar-refractivity contribution >= 4 is 16.7 Å². The summed E-state index contributed by atoms with van der Waals surface area (Å²) in [5.74, 6) is 1.18. The van der Waals surface area contributed by atoms with Crippen LogP contribution in [-0.4, -0.2) is 35.6 Å². The van der Waals surface area contributed by atoms with Crippen LogP contribution in [0.1, 0.15) is 28.4 Å². The maximum absolute atomic E-state index is 13.3. The molecule has 1 fully saturated rings. The van der Waals surface area contributed by atoms with E-state index < -0.39 is 0 Å². The predicted molar refractivity (Wildman–Crippen MR) is 133 cm³/mol. The van der Waals surface area contributed by atoms with Crippen LogP contribution in [0.3, 0.4) is 0 Å². The summed E-state index contributed by atoms with van der Waals surface area (Å²) in [4.78, 5) is 28.2. The molecule has 4 aromatic rings. The summed E-state index contributed by atoms with van der Waals surface area (Å²) in [5.41, 5.74) is 3.98. The summed E-state index contributed by atoms with van der Waals surface area (Å²) in [6.45, 7) is 1.94. The first-order valence-corrected chi connectivity index (χ1v) is 11.8. The summed E-state index contributed by atoms with van der Waals surface area (Å²) in [7, 11) is 1.62. The van der Waals surface area contributed by atoms with E-state index in [4.69, 9.17) is 4.74 Å². The summed E-state index contributed by atoms with van der Waals surface area (Å²) in [6.07, 6.45) is 0.996. The Bertz CT molecular complexity index is 1450. The molecular formula is C29H26N2O3. The SMILES string of the molecule is COc1ccc(C(=O)N2C[C@@H]3C[C@H](C2)c2c(-c4ccc5ccccc5c4)ccc(=O)n2C3)cc1. The molecule has 2 aliphatic heterocycles. The standard InChI is InChI=1S/C29H26N2O3/c1-34-25-10-8-21(9-11-25)29(33)30-16-19-14-24(18-30)28-26(12-13-27(32)31(28)17-19)23-7-6-20-4-2-3-5-22(20)15-23/h2-13,15,19,24H,14,16-18H2,1H3/t19-,24+/m0/s1. The third kappa shape index (κ3) is 3.48. The number of fused-ring (bicyclic) bond motifs is 5. The van der Waals surface area contributed by atoms with Gasteiger partial charge in [-0.3, -0.25) is 9.59 Å². The summed E-state index contributed by atoms with van der Waals surface area (Å²) in [6, 6.07) is 25.7. The number of ether oxygens (including phenoxy) is 1. The monoisotopic (exact) mass is 450 g/mol. The molecule has 0 unspecified atom stereocenters. The molecule has 34 heavy (non-hydrogen) atoms. The van der Waals surface area contributed by atoms with Gasteiger partial charge >= 0.3 is 0 Å². The molecule has 0 N–H and O–H groups in total. The minimum Gasteiger partial charge on any atom is -0.497 e. The zero-order chi connectivity index (χ0) is 23.2. The van der Waals surface area contributed by atoms with E-state index in [0.717, 1.165) is 29.0 Å². The lowest BCUT2D eigenvalue weighted by Gasteiger charge is -2.43. The average Bonchev–Trinajstić information content (AvgIpc) is 2.88. The third-order valence-corrected chi connectivity index (χ3v) is 7.27. The van der Waals surface area contributed by atoms with E-state index in [1.54, 1.807) is 13.2 Å². The Morgan fingerprint density at radius 2 is 1.68 bits per heavy atom. The maximum atomic E-state index is 13.3. The Morgan fingerprint density at radius 3 is 2.47 bits per heavy atom. The van der Waals surface area contributed by atoms with Crippen LogP contribution < -0.4 is 10.3 Å². The Hall–Kier alpha value is -3.86. The maximum Gasteiger partial charge on any atom is 0.253 e. The minimum absolute atomic E-state index is 0.0383. The lowest BCUT2D eigenvalue weighted by Crippen LogP contribution is -2.49. The number of likely N-dealkylation sites (tertiary alicyclic amines) is 1. The van der Waals surface area contributed by atoms with Gasteiger partial charge < -0.3 is 14.2 Å². The second-order valence-corrected chi connectivity index (χ2v) is 9.38. The fourth-order valence-electron chi connectivity index (χ4n) is 5.70. The van der Waals surface area contributed by atoms with Crippen LogP contribution in [0.15, 0.2) is 83.7 Å². The van der Waals surface area contributed by atoms with Crippen LogP contribution in [0.25, 0.3) is 21.9 Å². The van der Waals surface area contributed by atoms with Crippen LogP contribution in [0.4, 0.5) is 0 Å². The van der Waals surface area contributed by atoms with E-state index in [1.807, 2.05) is 51.9 Å². The molecule has 1 saturated heterocycles. The van der Waals surface area contributed by atoms with Gasteiger partial charge in [0, 0.05) is 48.4 Å². The topological polar surface area (TPSA) is 51.5 Å². The highest BCUT2D eigenvalue weighted by Gasteiger charge is 2.38. The highest BCUT2D eigenvalue weighted by atomic mass is 16.5. The highest BCUT2D eigenvalue weighted by molar-refractivity contribution is 5.94. The van der Waals surface area contributed by atoms with Gasteiger partial charge in [-0.05, 0) is 65.1 Å². The quantitative estimate of drug-likeness (QED) is 0.444. The van der Waals surface area contributed by atoms with Gasteiger partial charge in [0.1, 0.15) is 5.75 Å². The second kappa shape index (κ2) is 8.17. The molecule has 0 saturated carbocycles. The summed E-state index contributed by atoms with van der Waals surface area (Å²) >= 11 is 0. The van der Waals surface area contributed by atoms with Crippen molar-refractivity contribution < 1.29 is 9.53 Å². The second-order valence-electron chi connectivity index (χ2n) is 9.38. The molecular weight excluding hydrogens is 424 g/mol. The van der Waals surface area contributed by atoms with Crippen molar-refractivity contribution in [1.82, 2.24) is 9.47 Å². The molecule has 170 valence electrons. The number of piperidine rings is 1. The molecule has 0 radical (unpaired) electrons. The van der Waals surface area contributed by atoms with Gasteiger partial charge in [0.25, 0.3) is 11.5 Å². The molecule has 6 rings (SSSR count). The number of hydrogen-bond acceptors (Lipinski definition) is 3. The molecule has 2 aliphatic rings. The fourth-order valence-corrected chi connectivity index (χ4v) is 5.70. The number of rotatable bonds is 3. The van der Waals surface area contributed by atoms with E-state index in [1.165, 1.54) is 10.8 Å². The molecule has 0 spiro atoms. The lowest BCUT2D eigenvalue weighted by atomic mass is 9.80. The summed E-state index contributed by atoms with van der Waals surface area (Å²) in [5, 5.41) is 2.38. The Morgan fingerprint density at radius 1 is 0.882 bits per heavy atom. The van der Waals surface area contributed by atoms with Crippen LogP contribution in [0, 0.1) is 5.92 Å². The molecule has 3 aromatic carbocycles. The number of benzene rings is 3. The number of methoxy groups -OCH3 is 1. The minimum atomic E-state index is 0.0383. The molecule has 2 bridgehead atoms. The van der Waals surface area contributed by atoms with Crippen LogP contribution >= 0.6 is 0 Å². The van der Waals surface area contributed by atoms with Crippen molar-refractivity contribution in [2.24, 2.45) is 5.92 Å². The number of amides is 1. The number of aromatic nitrogens is 1. The molecule has 1 aromatic heterocycles. The van der Waals surface area contributed by atoms with Gasteiger partial charge in [0.2, 0.25) is 0 Å². The van der Waals surface area contributed by atoms with Crippen LogP contribution in [0.2, 0.25) is 0 Å². The van der Waals surface area contributed by atoms with E-state index in [9.17, 15) is 9.59 Å². The van der Waals surface area contributed by atoms with E-state index in [0.29, 0.717) is 25.2 Å². The van der Waals surface area contributed by atoms with Gasteiger partial charge in [0.15, 0.2) is 0 Å². The zero-order valence-corrected chi connectivity index (χ0v) is 19.1. The number of hydrogen-bond donors (Lipinski definition) is 0. The van der Waals surface area contributed by atoms with E-state index in [2.05, 4.69) is 30.3 Å². The number of pyridine rings is 1. The molecule has 5 nitrogen and oxygen atoms in total. The molecule has 3 heterocycles. The number of carbonyl (C=O) groups excluding carboxylic acids is 1. The average molecular weight is 451 g/mol. The van der Waals surface area contributed by atoms with Crippen molar-refractivity contribution in [3.05, 3.63) is 100 Å². The largest absolute Gasteiger partial charge is 0.497 e. The smallest absolute Gasteiger partial charge is 0.253 e. The Kier molecular flexibility index (Phi) is 4.98. The zero-order valence-electron chi connectivity index (χ0n) is 19.1. The van der Waals surface area contributed by atoms with Gasteiger partial charge in [-0.1, -0.05) is 36.4 Å². The van der Waals surface area contributed by atoms with Crippen molar-refractivity contribution in [1.29, 1.82) is 0 Å². The predicted octanol–water partition coefficient (Wildman–Crippen LogP) is 4.94. The lowest BCUT2D eigenvalue weighted by molar-refractivity contribution is 0.0595. The van der Waals surface area contributed by atoms with Gasteiger partial charge in [-0.25, -0.2) is 0 Å². The molecule has 1 amide bonds. The molecule has 5 heteroatoms. The first-order valence-electron chi connectivity index (χ1n) is 11.8. The summed E-state index contributed by atoms with van der Waals surface area (Å²) < 4.78 is 7.19. The van der Waals surface area contributed by atoms with Crippen molar-refractivity contribution in [2.75, 3.05) is 20.2 Å². The van der Waals surface area contributed by atoms with Gasteiger partial charge in [-0.2, -0.15) is 0 Å². The first-order chi connectivity index (χ1) is 16.6. The first kappa shape index (κ1) is 20.7. The number of carbonyl (C=O) groups is 1. The molecule has 0 aliphatic carbocycles. The van der Waals surface area contributed by atoms with Crippen molar-refractivity contribution in [3.63, 3.8) is 0 Å². The van der Waals surface area contributed by atoms with Gasteiger partial charge in [-0.15, -0.1) is 0 Å². The van der Waals surface area contributed by atoms with Crippen LogP contribution in [-0.2, 0) is 6.54 Å². The van der Waals surface area contributed by atoms with Crippen molar-refractivity contribution in [2.45, 2.75) is 18.9 Å². The van der Waals surface area contributed by atoms with Crippen molar-refractivity contribution in [3.8, 4) is 16.9 Å². The van der Waals surface area contributed by atoms with Gasteiger partial charge in [0.05, 0.1) is 7.11 Å². The highest BCUT2D eigenvalue weighted by Crippen LogP contribution is 2.40. The fraction of sp³-hybridized carbons (Fsp3) is 0.241. The number of nitrogens with zero attached hydrogens (tertiary/aromatic N) is 2.